The first-order chi connectivity index (χ1) is 18.4. The molecule has 8 heteroatoms. The minimum atomic E-state index is -0.904. The average Bonchev–Trinajstić information content (AvgIpc) is 3.33. The molecule has 0 fully saturated rings. The van der Waals surface area contributed by atoms with Crippen molar-refractivity contribution in [2.24, 2.45) is 0 Å². The van der Waals surface area contributed by atoms with Gasteiger partial charge in [0, 0.05) is 15.6 Å². The molecule has 1 heterocycles. The highest BCUT2D eigenvalue weighted by Crippen LogP contribution is 2.37. The number of carbonyl (C=O) groups is 1. The van der Waals surface area contributed by atoms with Crippen LogP contribution in [0, 0.1) is 18.8 Å². The number of ether oxygens (including phenoxy) is 2. The summed E-state index contributed by atoms with van der Waals surface area (Å²) in [5, 5.41) is 31.0. The number of aliphatic carboxylic acids is 1. The Bertz CT molecular complexity index is 1470. The van der Waals surface area contributed by atoms with Gasteiger partial charge < -0.3 is 24.8 Å². The lowest BCUT2D eigenvalue weighted by Crippen LogP contribution is -2.21. The Labute approximate surface area is 239 Å². The minimum absolute atomic E-state index is 0. The van der Waals surface area contributed by atoms with E-state index in [4.69, 9.17) is 19.7 Å². The van der Waals surface area contributed by atoms with Crippen LogP contribution < -0.4 is 9.47 Å². The molecular weight excluding hydrogens is 532 g/mol. The van der Waals surface area contributed by atoms with Crippen molar-refractivity contribution in [1.29, 1.82) is 0 Å². The van der Waals surface area contributed by atoms with E-state index in [1.165, 1.54) is 4.70 Å². The zero-order chi connectivity index (χ0) is 27.1. The van der Waals surface area contributed by atoms with E-state index in [1.807, 2.05) is 49.4 Å². The summed E-state index contributed by atoms with van der Waals surface area (Å²) < 4.78 is 12.8. The number of carboxylic acid groups (broad SMARTS) is 1. The SMILES string of the molecule is CC#C[C@@H](CC(=O)O)c1ccc(OCc2ccc3scc(-c4ccc(OCC(O)CO)cc4C)c3c2)cc1.S. The average molecular weight is 565 g/mol. The minimum Gasteiger partial charge on any atom is -0.491 e. The van der Waals surface area contributed by atoms with Gasteiger partial charge in [-0.15, -0.1) is 17.3 Å². The van der Waals surface area contributed by atoms with Gasteiger partial charge in [0.05, 0.1) is 18.9 Å². The maximum atomic E-state index is 11.2. The second-order valence-electron chi connectivity index (χ2n) is 9.01. The molecule has 6 nitrogen and oxygen atoms in total. The van der Waals surface area contributed by atoms with Crippen LogP contribution in [0.2, 0.25) is 0 Å². The van der Waals surface area contributed by atoms with Crippen LogP contribution in [0.25, 0.3) is 21.2 Å². The molecule has 0 spiro atoms. The second-order valence-corrected chi connectivity index (χ2v) is 9.92. The Kier molecular flexibility index (Phi) is 10.8. The summed E-state index contributed by atoms with van der Waals surface area (Å²) in [5.74, 6) is 5.91. The third-order valence-electron chi connectivity index (χ3n) is 6.16. The monoisotopic (exact) mass is 564 g/mol. The van der Waals surface area contributed by atoms with Crippen LogP contribution in [0.4, 0.5) is 0 Å². The Hall–Kier alpha value is -3.48. The lowest BCUT2D eigenvalue weighted by Gasteiger charge is -2.13. The van der Waals surface area contributed by atoms with Gasteiger partial charge in [-0.05, 0) is 77.9 Å². The zero-order valence-electron chi connectivity index (χ0n) is 21.8. The van der Waals surface area contributed by atoms with E-state index in [1.54, 1.807) is 18.3 Å². The van der Waals surface area contributed by atoms with Crippen molar-refractivity contribution in [3.8, 4) is 34.5 Å². The van der Waals surface area contributed by atoms with Crippen molar-refractivity contribution >= 4 is 40.9 Å². The Morgan fingerprint density at radius 2 is 1.74 bits per heavy atom. The highest BCUT2D eigenvalue weighted by molar-refractivity contribution is 7.59. The quantitative estimate of drug-likeness (QED) is 0.197. The summed E-state index contributed by atoms with van der Waals surface area (Å²) in [6.07, 6.45) is -0.940. The van der Waals surface area contributed by atoms with Crippen LogP contribution in [0.3, 0.4) is 0 Å². The Morgan fingerprint density at radius 3 is 2.41 bits per heavy atom. The van der Waals surface area contributed by atoms with Gasteiger partial charge in [-0.1, -0.05) is 30.2 Å². The number of hydrogen-bond donors (Lipinski definition) is 3. The number of thiophene rings is 1. The van der Waals surface area contributed by atoms with Crippen molar-refractivity contribution in [1.82, 2.24) is 0 Å². The molecule has 0 saturated heterocycles. The molecule has 0 aliphatic rings. The molecule has 2 atom stereocenters. The molecule has 204 valence electrons. The van der Waals surface area contributed by atoms with Crippen LogP contribution in [0.5, 0.6) is 11.5 Å². The summed E-state index contributed by atoms with van der Waals surface area (Å²) >= 11 is 1.69. The van der Waals surface area contributed by atoms with E-state index in [0.717, 1.165) is 33.2 Å². The first kappa shape index (κ1) is 30.1. The Balaban J connectivity index is 0.00000420. The van der Waals surface area contributed by atoms with Crippen LogP contribution >= 0.6 is 24.8 Å². The molecule has 0 bridgehead atoms. The number of rotatable bonds is 11. The number of benzene rings is 3. The molecule has 3 aromatic carbocycles. The molecule has 0 aliphatic heterocycles. The van der Waals surface area contributed by atoms with Gasteiger partial charge in [0.1, 0.15) is 30.8 Å². The lowest BCUT2D eigenvalue weighted by atomic mass is 9.96. The standard InChI is InChI=1S/C31H30O6S.H2S/c1-3-4-23(15-31(34)35)22-6-8-25(9-7-22)36-17-21-5-12-30-28(14-21)29(19-38-30)27-11-10-26(13-20(27)2)37-18-24(33)16-32;/h5-14,19,23-24,32-33H,15-18H2,1-2H3,(H,34,35);1H2/t23-,24?;/m0./s1. The first-order valence-electron chi connectivity index (χ1n) is 12.3. The van der Waals surface area contributed by atoms with E-state index in [-0.39, 0.29) is 39.0 Å². The molecule has 0 amide bonds. The Morgan fingerprint density at radius 1 is 1.00 bits per heavy atom. The zero-order valence-corrected chi connectivity index (χ0v) is 23.6. The summed E-state index contributed by atoms with van der Waals surface area (Å²) in [5.41, 5.74) is 5.19. The largest absolute Gasteiger partial charge is 0.491 e. The number of aliphatic hydroxyl groups excluding tert-OH is 2. The van der Waals surface area contributed by atoms with Gasteiger partial charge in [-0.25, -0.2) is 0 Å². The predicted molar refractivity (Wildman–Crippen MR) is 160 cm³/mol. The van der Waals surface area contributed by atoms with Gasteiger partial charge >= 0.3 is 5.97 Å². The van der Waals surface area contributed by atoms with Crippen LogP contribution in [-0.2, 0) is 11.4 Å². The number of carboxylic acids is 1. The first-order valence-corrected chi connectivity index (χ1v) is 13.2. The fourth-order valence-corrected chi connectivity index (χ4v) is 5.15. The molecule has 4 aromatic rings. The lowest BCUT2D eigenvalue weighted by molar-refractivity contribution is -0.137. The van der Waals surface area contributed by atoms with Crippen molar-refractivity contribution in [3.63, 3.8) is 0 Å². The van der Waals surface area contributed by atoms with E-state index in [2.05, 4.69) is 35.4 Å². The van der Waals surface area contributed by atoms with E-state index >= 15 is 0 Å². The topological polar surface area (TPSA) is 96.2 Å². The maximum Gasteiger partial charge on any atom is 0.304 e. The second kappa shape index (κ2) is 14.1. The molecular formula is C31H32O6S2. The fraction of sp³-hybridized carbons (Fsp3) is 0.258. The third-order valence-corrected chi connectivity index (χ3v) is 7.13. The molecule has 0 saturated carbocycles. The fourth-order valence-electron chi connectivity index (χ4n) is 4.21. The molecule has 1 aromatic heterocycles. The van der Waals surface area contributed by atoms with Crippen LogP contribution in [-0.4, -0.2) is 40.6 Å². The number of aryl methyl sites for hydroxylation is 1. The normalized spacial score (nSPS) is 12.1. The molecule has 1 unspecified atom stereocenters. The molecule has 39 heavy (non-hydrogen) atoms. The highest BCUT2D eigenvalue weighted by Gasteiger charge is 2.14. The van der Waals surface area contributed by atoms with Gasteiger partial charge in [-0.3, -0.25) is 4.79 Å². The van der Waals surface area contributed by atoms with Crippen molar-refractivity contribution in [2.75, 3.05) is 13.2 Å². The van der Waals surface area contributed by atoms with Crippen molar-refractivity contribution in [3.05, 3.63) is 82.7 Å². The van der Waals surface area contributed by atoms with E-state index in [0.29, 0.717) is 18.1 Å². The summed E-state index contributed by atoms with van der Waals surface area (Å²) in [4.78, 5) is 11.2. The van der Waals surface area contributed by atoms with Gasteiger partial charge in [-0.2, -0.15) is 13.5 Å². The van der Waals surface area contributed by atoms with E-state index in [9.17, 15) is 9.90 Å². The molecule has 0 aliphatic carbocycles. The smallest absolute Gasteiger partial charge is 0.304 e. The molecule has 3 N–H and O–H groups in total. The van der Waals surface area contributed by atoms with Gasteiger partial charge in [0.15, 0.2) is 0 Å². The summed E-state index contributed by atoms with van der Waals surface area (Å²) in [6.45, 7) is 3.84. The van der Waals surface area contributed by atoms with Crippen molar-refractivity contribution in [2.45, 2.75) is 38.9 Å². The van der Waals surface area contributed by atoms with Gasteiger partial charge in [0.25, 0.3) is 0 Å². The van der Waals surface area contributed by atoms with E-state index < -0.39 is 12.1 Å². The van der Waals surface area contributed by atoms with Crippen LogP contribution in [0.15, 0.2) is 66.0 Å². The highest BCUT2D eigenvalue weighted by atomic mass is 32.1. The predicted octanol–water partition coefficient (Wildman–Crippen LogP) is 5.88. The third kappa shape index (κ3) is 7.78. The summed E-state index contributed by atoms with van der Waals surface area (Å²) in [6, 6.07) is 19.6. The summed E-state index contributed by atoms with van der Waals surface area (Å²) in [7, 11) is 0. The number of aliphatic hydroxyl groups is 2. The number of hydrogen-bond acceptors (Lipinski definition) is 6. The molecule has 0 radical (unpaired) electrons. The van der Waals surface area contributed by atoms with Crippen molar-refractivity contribution < 1.29 is 29.6 Å². The number of fused-ring (bicyclic) bond motifs is 1. The molecule has 4 rings (SSSR count). The van der Waals surface area contributed by atoms with Gasteiger partial charge in [0.2, 0.25) is 0 Å². The van der Waals surface area contributed by atoms with Crippen LogP contribution in [0.1, 0.15) is 36.0 Å². The maximum absolute atomic E-state index is 11.2.